The standard InChI is InChI=1S/C19H14F2N2O3S2/c20-13-3-5-15(21)18(11-13)28(25,26)22-14-4-6-16-12(10-14)7-8-23(16)19(24)17-2-1-9-27-17/h1-6,9-11,22H,7-8H2. The minimum Gasteiger partial charge on any atom is -0.307 e. The van der Waals surface area contributed by atoms with Gasteiger partial charge in [0.1, 0.15) is 16.5 Å². The molecular weight excluding hydrogens is 406 g/mol. The Morgan fingerprint density at radius 2 is 1.93 bits per heavy atom. The lowest BCUT2D eigenvalue weighted by Gasteiger charge is -2.17. The molecule has 144 valence electrons. The first-order valence-electron chi connectivity index (χ1n) is 8.31. The molecule has 28 heavy (non-hydrogen) atoms. The van der Waals surface area contributed by atoms with Gasteiger partial charge in [0.05, 0.1) is 4.88 Å². The van der Waals surface area contributed by atoms with Gasteiger partial charge in [0, 0.05) is 17.9 Å². The number of nitrogens with one attached hydrogen (secondary N) is 1. The van der Waals surface area contributed by atoms with Crippen molar-refractivity contribution in [3.8, 4) is 0 Å². The van der Waals surface area contributed by atoms with Crippen LogP contribution in [0.25, 0.3) is 0 Å². The Kier molecular flexibility index (Phi) is 4.64. The summed E-state index contributed by atoms with van der Waals surface area (Å²) in [5.74, 6) is -2.00. The smallest absolute Gasteiger partial charge is 0.268 e. The Bertz CT molecular complexity index is 1160. The molecule has 0 fully saturated rings. The molecule has 3 aromatic rings. The first-order chi connectivity index (χ1) is 13.3. The zero-order valence-corrected chi connectivity index (χ0v) is 16.0. The van der Waals surface area contributed by atoms with Gasteiger partial charge in [0.25, 0.3) is 15.9 Å². The molecule has 0 spiro atoms. The molecule has 1 amide bonds. The lowest BCUT2D eigenvalue weighted by molar-refractivity contribution is 0.0993. The molecule has 0 aliphatic carbocycles. The van der Waals surface area contributed by atoms with E-state index in [9.17, 15) is 22.0 Å². The van der Waals surface area contributed by atoms with Gasteiger partial charge in [-0.25, -0.2) is 17.2 Å². The van der Waals surface area contributed by atoms with E-state index in [0.29, 0.717) is 29.6 Å². The number of benzene rings is 2. The van der Waals surface area contributed by atoms with Crippen molar-refractivity contribution in [3.63, 3.8) is 0 Å². The Labute approximate surface area is 164 Å². The van der Waals surface area contributed by atoms with Crippen LogP contribution in [0.3, 0.4) is 0 Å². The summed E-state index contributed by atoms with van der Waals surface area (Å²) in [7, 11) is -4.29. The highest BCUT2D eigenvalue weighted by atomic mass is 32.2. The first kappa shape index (κ1) is 18.6. The molecular formula is C19H14F2N2O3S2. The minimum absolute atomic E-state index is 0.107. The highest BCUT2D eigenvalue weighted by Crippen LogP contribution is 2.33. The normalized spacial score (nSPS) is 13.4. The van der Waals surface area contributed by atoms with E-state index in [2.05, 4.69) is 4.72 Å². The number of rotatable bonds is 4. The van der Waals surface area contributed by atoms with Crippen LogP contribution >= 0.6 is 11.3 Å². The average Bonchev–Trinajstić information content (AvgIpc) is 3.32. The summed E-state index contributed by atoms with van der Waals surface area (Å²) in [5, 5.41) is 1.83. The fraction of sp³-hybridized carbons (Fsp3) is 0.105. The molecule has 1 aliphatic rings. The maximum absolute atomic E-state index is 13.8. The van der Waals surface area contributed by atoms with Crippen LogP contribution in [-0.2, 0) is 16.4 Å². The number of sulfonamides is 1. The van der Waals surface area contributed by atoms with Crippen molar-refractivity contribution in [2.75, 3.05) is 16.2 Å². The SMILES string of the molecule is O=C(c1cccs1)N1CCc2cc(NS(=O)(=O)c3cc(F)ccc3F)ccc21. The summed E-state index contributed by atoms with van der Waals surface area (Å²) in [6.45, 7) is 0.487. The zero-order valence-electron chi connectivity index (χ0n) is 14.4. The monoisotopic (exact) mass is 420 g/mol. The number of amides is 1. The molecule has 5 nitrogen and oxygen atoms in total. The van der Waals surface area contributed by atoms with E-state index >= 15 is 0 Å². The van der Waals surface area contributed by atoms with E-state index in [4.69, 9.17) is 0 Å². The van der Waals surface area contributed by atoms with Crippen LogP contribution in [0.5, 0.6) is 0 Å². The van der Waals surface area contributed by atoms with Gasteiger partial charge < -0.3 is 4.90 Å². The van der Waals surface area contributed by atoms with Gasteiger partial charge in [-0.15, -0.1) is 11.3 Å². The maximum atomic E-state index is 13.8. The third-order valence-corrected chi connectivity index (χ3v) is 6.64. The predicted octanol–water partition coefficient (Wildman–Crippen LogP) is 4.03. The Balaban J connectivity index is 1.60. The zero-order chi connectivity index (χ0) is 19.9. The molecule has 1 aromatic heterocycles. The number of fused-ring (bicyclic) bond motifs is 1. The lowest BCUT2D eigenvalue weighted by Crippen LogP contribution is -2.28. The van der Waals surface area contributed by atoms with Crippen LogP contribution in [0.4, 0.5) is 20.2 Å². The second kappa shape index (κ2) is 6.99. The summed E-state index contributed by atoms with van der Waals surface area (Å²) in [4.78, 5) is 14.1. The number of carbonyl (C=O) groups excluding carboxylic acids is 1. The van der Waals surface area contributed by atoms with Crippen LogP contribution < -0.4 is 9.62 Å². The summed E-state index contributed by atoms with van der Waals surface area (Å²) in [6, 6.07) is 10.5. The van der Waals surface area contributed by atoms with Gasteiger partial charge in [-0.3, -0.25) is 9.52 Å². The maximum Gasteiger partial charge on any atom is 0.268 e. The van der Waals surface area contributed by atoms with Crippen LogP contribution in [0.2, 0.25) is 0 Å². The largest absolute Gasteiger partial charge is 0.307 e. The summed E-state index contributed by atoms with van der Waals surface area (Å²) in [6.07, 6.45) is 0.566. The van der Waals surface area contributed by atoms with Crippen molar-refractivity contribution in [2.45, 2.75) is 11.3 Å². The Hall–Kier alpha value is -2.78. The van der Waals surface area contributed by atoms with Crippen molar-refractivity contribution < 1.29 is 22.0 Å². The number of nitrogens with zero attached hydrogens (tertiary/aromatic N) is 1. The number of hydrogen-bond acceptors (Lipinski definition) is 4. The molecule has 1 N–H and O–H groups in total. The molecule has 2 aromatic carbocycles. The van der Waals surface area contributed by atoms with Crippen LogP contribution in [0.1, 0.15) is 15.2 Å². The third-order valence-electron chi connectivity index (χ3n) is 4.39. The predicted molar refractivity (Wildman–Crippen MR) is 103 cm³/mol. The fourth-order valence-corrected chi connectivity index (χ4v) is 4.91. The van der Waals surface area contributed by atoms with E-state index < -0.39 is 26.6 Å². The summed E-state index contributed by atoms with van der Waals surface area (Å²) >= 11 is 1.35. The van der Waals surface area contributed by atoms with E-state index in [1.54, 1.807) is 29.2 Å². The second-order valence-corrected chi connectivity index (χ2v) is 8.81. The van der Waals surface area contributed by atoms with Crippen molar-refractivity contribution in [2.24, 2.45) is 0 Å². The third kappa shape index (κ3) is 3.38. The number of halogens is 2. The molecule has 4 rings (SSSR count). The van der Waals surface area contributed by atoms with Gasteiger partial charge in [-0.05, 0) is 59.8 Å². The molecule has 9 heteroatoms. The molecule has 0 radical (unpaired) electrons. The van der Waals surface area contributed by atoms with E-state index in [1.165, 1.54) is 17.4 Å². The molecule has 2 heterocycles. The van der Waals surface area contributed by atoms with Gasteiger partial charge in [0.15, 0.2) is 0 Å². The average molecular weight is 420 g/mol. The van der Waals surface area contributed by atoms with Gasteiger partial charge in [0.2, 0.25) is 0 Å². The molecule has 0 saturated carbocycles. The highest BCUT2D eigenvalue weighted by Gasteiger charge is 2.27. The highest BCUT2D eigenvalue weighted by molar-refractivity contribution is 7.92. The van der Waals surface area contributed by atoms with E-state index in [-0.39, 0.29) is 11.6 Å². The van der Waals surface area contributed by atoms with Gasteiger partial charge >= 0.3 is 0 Å². The molecule has 0 saturated heterocycles. The lowest BCUT2D eigenvalue weighted by atomic mass is 10.1. The number of hydrogen-bond donors (Lipinski definition) is 1. The van der Waals surface area contributed by atoms with Crippen LogP contribution in [0.15, 0.2) is 58.8 Å². The second-order valence-electron chi connectivity index (χ2n) is 6.21. The van der Waals surface area contributed by atoms with E-state index in [1.807, 2.05) is 5.38 Å². The number of carbonyl (C=O) groups is 1. The van der Waals surface area contributed by atoms with Crippen molar-refractivity contribution in [1.82, 2.24) is 0 Å². The molecule has 0 atom stereocenters. The Morgan fingerprint density at radius 3 is 2.68 bits per heavy atom. The molecule has 1 aliphatic heterocycles. The quantitative estimate of drug-likeness (QED) is 0.693. The molecule has 0 unspecified atom stereocenters. The number of anilines is 2. The van der Waals surface area contributed by atoms with Crippen molar-refractivity contribution >= 4 is 38.6 Å². The van der Waals surface area contributed by atoms with Gasteiger partial charge in [-0.1, -0.05) is 6.07 Å². The van der Waals surface area contributed by atoms with Crippen molar-refractivity contribution in [1.29, 1.82) is 0 Å². The topological polar surface area (TPSA) is 66.5 Å². The Morgan fingerprint density at radius 1 is 1.11 bits per heavy atom. The van der Waals surface area contributed by atoms with Crippen LogP contribution in [-0.4, -0.2) is 20.9 Å². The summed E-state index contributed by atoms with van der Waals surface area (Å²) < 4.78 is 54.3. The summed E-state index contributed by atoms with van der Waals surface area (Å²) in [5.41, 5.74) is 1.72. The van der Waals surface area contributed by atoms with E-state index in [0.717, 1.165) is 17.7 Å². The van der Waals surface area contributed by atoms with Gasteiger partial charge in [-0.2, -0.15) is 0 Å². The number of thiophene rings is 1. The molecule has 0 bridgehead atoms. The minimum atomic E-state index is -4.29. The van der Waals surface area contributed by atoms with Crippen LogP contribution in [0, 0.1) is 11.6 Å². The first-order valence-corrected chi connectivity index (χ1v) is 10.7. The van der Waals surface area contributed by atoms with Crippen molar-refractivity contribution in [3.05, 3.63) is 76.0 Å². The fourth-order valence-electron chi connectivity index (χ4n) is 3.10.